The van der Waals surface area contributed by atoms with Gasteiger partial charge in [0.15, 0.2) is 0 Å². The van der Waals surface area contributed by atoms with E-state index in [0.717, 1.165) is 4.88 Å². The topological polar surface area (TPSA) is 117 Å². The number of rotatable bonds is 7. The predicted molar refractivity (Wildman–Crippen MR) is 108 cm³/mol. The van der Waals surface area contributed by atoms with E-state index in [0.29, 0.717) is 26.3 Å². The number of benzene rings is 1. The van der Waals surface area contributed by atoms with Gasteiger partial charge in [-0.25, -0.2) is 13.8 Å². The van der Waals surface area contributed by atoms with Crippen molar-refractivity contribution < 1.29 is 22.7 Å². The average molecular weight is 437 g/mol. The first-order valence-corrected chi connectivity index (χ1v) is 11.1. The zero-order valence-corrected chi connectivity index (χ0v) is 17.0. The van der Waals surface area contributed by atoms with Gasteiger partial charge in [0, 0.05) is 23.5 Å². The largest absolute Gasteiger partial charge is 0.379 e. The standard InChI is InChI=1S/C18H20N4O5S2/c23-17(21-20-12-15-2-1-11-28-15)13-19-18(24)14-3-5-16(6-4-14)29(25,26)22-7-9-27-10-8-22/h1-6,11-12H,7-10,13H2,(H,19,24)(H,21,23)/b20-12-. The van der Waals surface area contributed by atoms with E-state index in [4.69, 9.17) is 4.74 Å². The van der Waals surface area contributed by atoms with Gasteiger partial charge in [0.2, 0.25) is 10.0 Å². The normalized spacial score (nSPS) is 15.3. The van der Waals surface area contributed by atoms with Crippen molar-refractivity contribution in [3.05, 3.63) is 52.2 Å². The third-order valence-electron chi connectivity index (χ3n) is 4.06. The molecule has 2 aromatic rings. The van der Waals surface area contributed by atoms with Crippen molar-refractivity contribution >= 4 is 39.4 Å². The molecule has 0 unspecified atom stereocenters. The van der Waals surface area contributed by atoms with Gasteiger partial charge in [-0.3, -0.25) is 9.59 Å². The number of thiophene rings is 1. The Morgan fingerprint density at radius 2 is 1.90 bits per heavy atom. The SMILES string of the molecule is O=C(CNC(=O)c1ccc(S(=O)(=O)N2CCOCC2)cc1)N/N=C\c1cccs1. The Hall–Kier alpha value is -2.60. The summed E-state index contributed by atoms with van der Waals surface area (Å²) >= 11 is 1.48. The molecule has 154 valence electrons. The molecule has 1 fully saturated rings. The lowest BCUT2D eigenvalue weighted by Crippen LogP contribution is -2.40. The molecule has 11 heteroatoms. The van der Waals surface area contributed by atoms with E-state index < -0.39 is 21.8 Å². The van der Waals surface area contributed by atoms with Crippen LogP contribution < -0.4 is 10.7 Å². The summed E-state index contributed by atoms with van der Waals surface area (Å²) in [6.45, 7) is 1.07. The molecule has 1 aromatic heterocycles. The summed E-state index contributed by atoms with van der Waals surface area (Å²) in [7, 11) is -3.62. The smallest absolute Gasteiger partial charge is 0.259 e. The van der Waals surface area contributed by atoms with Crippen molar-refractivity contribution in [2.45, 2.75) is 4.90 Å². The van der Waals surface area contributed by atoms with Crippen LogP contribution in [-0.2, 0) is 19.6 Å². The molecule has 2 heterocycles. The van der Waals surface area contributed by atoms with Gasteiger partial charge in [0.05, 0.1) is 30.9 Å². The van der Waals surface area contributed by atoms with Gasteiger partial charge >= 0.3 is 0 Å². The van der Waals surface area contributed by atoms with Gasteiger partial charge in [-0.1, -0.05) is 6.07 Å². The number of sulfonamides is 1. The lowest BCUT2D eigenvalue weighted by atomic mass is 10.2. The van der Waals surface area contributed by atoms with Crippen LogP contribution >= 0.6 is 11.3 Å². The first-order valence-electron chi connectivity index (χ1n) is 8.78. The zero-order chi connectivity index (χ0) is 20.7. The summed E-state index contributed by atoms with van der Waals surface area (Å²) in [5.74, 6) is -0.963. The molecule has 2 N–H and O–H groups in total. The fraction of sp³-hybridized carbons (Fsp3) is 0.278. The minimum Gasteiger partial charge on any atom is -0.379 e. The van der Waals surface area contributed by atoms with Crippen molar-refractivity contribution in [1.82, 2.24) is 15.0 Å². The lowest BCUT2D eigenvalue weighted by Gasteiger charge is -2.26. The molecular formula is C18H20N4O5S2. The number of ether oxygens (including phenoxy) is 1. The molecule has 0 atom stereocenters. The molecule has 1 aliphatic rings. The van der Waals surface area contributed by atoms with Gasteiger partial charge in [-0.05, 0) is 35.7 Å². The highest BCUT2D eigenvalue weighted by molar-refractivity contribution is 7.89. The van der Waals surface area contributed by atoms with E-state index in [1.807, 2.05) is 17.5 Å². The first kappa shape index (κ1) is 21.1. The monoisotopic (exact) mass is 436 g/mol. The van der Waals surface area contributed by atoms with Crippen LogP contribution in [0.15, 0.2) is 51.8 Å². The van der Waals surface area contributed by atoms with Crippen molar-refractivity contribution in [3.8, 4) is 0 Å². The van der Waals surface area contributed by atoms with Crippen LogP contribution in [0.4, 0.5) is 0 Å². The first-order chi connectivity index (χ1) is 14.0. The number of amides is 2. The maximum absolute atomic E-state index is 12.6. The Labute approximate surface area is 172 Å². The molecule has 2 amide bonds. The molecule has 0 bridgehead atoms. The number of carbonyl (C=O) groups is 2. The molecular weight excluding hydrogens is 416 g/mol. The summed E-state index contributed by atoms with van der Waals surface area (Å²) in [5, 5.41) is 8.16. The molecule has 29 heavy (non-hydrogen) atoms. The number of carbonyl (C=O) groups excluding carboxylic acids is 2. The summed E-state index contributed by atoms with van der Waals surface area (Å²) in [6, 6.07) is 9.30. The van der Waals surface area contributed by atoms with E-state index in [-0.39, 0.29) is 17.0 Å². The van der Waals surface area contributed by atoms with Crippen molar-refractivity contribution in [3.63, 3.8) is 0 Å². The second kappa shape index (κ2) is 9.74. The van der Waals surface area contributed by atoms with Crippen molar-refractivity contribution in [1.29, 1.82) is 0 Å². The van der Waals surface area contributed by atoms with Crippen molar-refractivity contribution in [2.24, 2.45) is 5.10 Å². The van der Waals surface area contributed by atoms with Gasteiger partial charge in [-0.2, -0.15) is 9.41 Å². The summed E-state index contributed by atoms with van der Waals surface area (Å²) in [4.78, 5) is 24.9. The third kappa shape index (κ3) is 5.70. The summed E-state index contributed by atoms with van der Waals surface area (Å²) < 4.78 is 31.7. The maximum atomic E-state index is 12.6. The Kier molecular flexibility index (Phi) is 7.09. The predicted octanol–water partition coefficient (Wildman–Crippen LogP) is 0.649. The minimum absolute atomic E-state index is 0.108. The third-order valence-corrected chi connectivity index (χ3v) is 6.78. The fourth-order valence-electron chi connectivity index (χ4n) is 2.55. The highest BCUT2D eigenvalue weighted by Crippen LogP contribution is 2.17. The van der Waals surface area contributed by atoms with Gasteiger partial charge < -0.3 is 10.1 Å². The number of hydrazone groups is 1. The molecule has 0 aliphatic carbocycles. The van der Waals surface area contributed by atoms with Crippen LogP contribution in [0.25, 0.3) is 0 Å². The van der Waals surface area contributed by atoms with Crippen LogP contribution in [0.3, 0.4) is 0 Å². The zero-order valence-electron chi connectivity index (χ0n) is 15.4. The Morgan fingerprint density at radius 3 is 2.55 bits per heavy atom. The van der Waals surface area contributed by atoms with Crippen LogP contribution in [0.5, 0.6) is 0 Å². The summed E-state index contributed by atoms with van der Waals surface area (Å²) in [6.07, 6.45) is 1.51. The Morgan fingerprint density at radius 1 is 1.17 bits per heavy atom. The number of nitrogens with one attached hydrogen (secondary N) is 2. The number of hydrogen-bond acceptors (Lipinski definition) is 7. The van der Waals surface area contributed by atoms with Crippen LogP contribution in [0, 0.1) is 0 Å². The van der Waals surface area contributed by atoms with Crippen LogP contribution in [-0.4, -0.2) is 63.6 Å². The second-order valence-electron chi connectivity index (χ2n) is 6.03. The summed E-state index contributed by atoms with van der Waals surface area (Å²) in [5.41, 5.74) is 2.57. The lowest BCUT2D eigenvalue weighted by molar-refractivity contribution is -0.120. The highest BCUT2D eigenvalue weighted by atomic mass is 32.2. The van der Waals surface area contributed by atoms with Crippen LogP contribution in [0.1, 0.15) is 15.2 Å². The fourth-order valence-corrected chi connectivity index (χ4v) is 4.54. The Bertz CT molecular complexity index is 966. The van der Waals surface area contributed by atoms with Gasteiger partial charge in [0.1, 0.15) is 0 Å². The highest BCUT2D eigenvalue weighted by Gasteiger charge is 2.26. The van der Waals surface area contributed by atoms with Gasteiger partial charge in [0.25, 0.3) is 11.8 Å². The number of nitrogens with zero attached hydrogens (tertiary/aromatic N) is 2. The molecule has 1 aromatic carbocycles. The van der Waals surface area contributed by atoms with E-state index in [9.17, 15) is 18.0 Å². The quantitative estimate of drug-likeness (QED) is 0.488. The molecule has 0 saturated carbocycles. The Balaban J connectivity index is 1.51. The van der Waals surface area contributed by atoms with Gasteiger partial charge in [-0.15, -0.1) is 11.3 Å². The number of morpholine rings is 1. The maximum Gasteiger partial charge on any atom is 0.259 e. The number of hydrogen-bond donors (Lipinski definition) is 2. The molecule has 0 spiro atoms. The van der Waals surface area contributed by atoms with Crippen molar-refractivity contribution in [2.75, 3.05) is 32.8 Å². The molecule has 1 aliphatic heterocycles. The average Bonchev–Trinajstić information content (AvgIpc) is 3.26. The molecule has 1 saturated heterocycles. The van der Waals surface area contributed by atoms with Crippen LogP contribution in [0.2, 0.25) is 0 Å². The van der Waals surface area contributed by atoms with E-state index in [1.165, 1.54) is 46.1 Å². The second-order valence-corrected chi connectivity index (χ2v) is 8.95. The van der Waals surface area contributed by atoms with E-state index in [1.54, 1.807) is 0 Å². The minimum atomic E-state index is -3.62. The molecule has 9 nitrogen and oxygen atoms in total. The molecule has 0 radical (unpaired) electrons. The van der Waals surface area contributed by atoms with E-state index >= 15 is 0 Å². The molecule has 3 rings (SSSR count). The van der Waals surface area contributed by atoms with E-state index in [2.05, 4.69) is 15.8 Å².